The number of hydrogen-bond acceptors (Lipinski definition) is 2. The van der Waals surface area contributed by atoms with Gasteiger partial charge in [0.25, 0.3) is 0 Å². The molecule has 0 bridgehead atoms. The highest BCUT2D eigenvalue weighted by atomic mass is 16.5. The molecular formula is C15H23NO. The highest BCUT2D eigenvalue weighted by Crippen LogP contribution is 2.29. The van der Waals surface area contributed by atoms with Gasteiger partial charge in [-0.15, -0.1) is 0 Å². The van der Waals surface area contributed by atoms with Gasteiger partial charge in [-0.05, 0) is 63.8 Å². The number of anilines is 1. The van der Waals surface area contributed by atoms with Gasteiger partial charge in [0.1, 0.15) is 0 Å². The van der Waals surface area contributed by atoms with E-state index in [-0.39, 0.29) is 5.60 Å². The van der Waals surface area contributed by atoms with Crippen LogP contribution in [0.4, 0.5) is 5.69 Å². The lowest BCUT2D eigenvalue weighted by Gasteiger charge is -2.20. The van der Waals surface area contributed by atoms with Crippen LogP contribution in [0.2, 0.25) is 0 Å². The molecule has 1 fully saturated rings. The summed E-state index contributed by atoms with van der Waals surface area (Å²) in [6, 6.07) is 6.57. The molecule has 1 atom stereocenters. The van der Waals surface area contributed by atoms with Gasteiger partial charge < -0.3 is 10.1 Å². The van der Waals surface area contributed by atoms with E-state index in [0.29, 0.717) is 6.10 Å². The van der Waals surface area contributed by atoms with Crippen molar-refractivity contribution in [2.75, 3.05) is 11.9 Å². The monoisotopic (exact) mass is 233 g/mol. The minimum absolute atomic E-state index is 0.0644. The van der Waals surface area contributed by atoms with Crippen LogP contribution in [0, 0.1) is 13.8 Å². The maximum Gasteiger partial charge on any atom is 0.0755 e. The quantitative estimate of drug-likeness (QED) is 0.860. The van der Waals surface area contributed by atoms with Gasteiger partial charge in [0, 0.05) is 12.2 Å². The molecule has 0 aliphatic carbocycles. The summed E-state index contributed by atoms with van der Waals surface area (Å²) in [6.45, 7) is 9.51. The molecule has 94 valence electrons. The van der Waals surface area contributed by atoms with Gasteiger partial charge in [0.15, 0.2) is 0 Å². The Morgan fingerprint density at radius 1 is 1.24 bits per heavy atom. The molecule has 1 aromatic rings. The minimum atomic E-state index is 0.0644. The summed E-state index contributed by atoms with van der Waals surface area (Å²) in [4.78, 5) is 0. The van der Waals surface area contributed by atoms with Crippen LogP contribution in [0.5, 0.6) is 0 Å². The zero-order chi connectivity index (χ0) is 12.5. The van der Waals surface area contributed by atoms with Gasteiger partial charge in [-0.2, -0.15) is 0 Å². The second-order valence-corrected chi connectivity index (χ2v) is 5.80. The Balaban J connectivity index is 1.90. The summed E-state index contributed by atoms with van der Waals surface area (Å²) in [7, 11) is 0. The highest BCUT2D eigenvalue weighted by Gasteiger charge is 2.31. The van der Waals surface area contributed by atoms with Crippen molar-refractivity contribution < 1.29 is 4.74 Å². The molecule has 0 amide bonds. The van der Waals surface area contributed by atoms with Crippen LogP contribution in [0.1, 0.15) is 37.8 Å². The Hall–Kier alpha value is -1.02. The Labute approximate surface area is 104 Å². The SMILES string of the molecule is Cc1cc(C)cc(NCC2CCC(C)(C)O2)c1. The van der Waals surface area contributed by atoms with Crippen LogP contribution in [-0.4, -0.2) is 18.2 Å². The molecule has 1 aromatic carbocycles. The molecule has 1 unspecified atom stereocenters. The molecule has 1 N–H and O–H groups in total. The van der Waals surface area contributed by atoms with Gasteiger partial charge in [-0.1, -0.05) is 6.07 Å². The van der Waals surface area contributed by atoms with Crippen LogP contribution in [-0.2, 0) is 4.74 Å². The highest BCUT2D eigenvalue weighted by molar-refractivity contribution is 5.48. The zero-order valence-electron chi connectivity index (χ0n) is 11.3. The Kier molecular flexibility index (Phi) is 3.43. The van der Waals surface area contributed by atoms with Crippen LogP contribution in [0.25, 0.3) is 0 Å². The largest absolute Gasteiger partial charge is 0.382 e. The fraction of sp³-hybridized carbons (Fsp3) is 0.600. The average Bonchev–Trinajstić information content (AvgIpc) is 2.54. The molecule has 2 nitrogen and oxygen atoms in total. The second kappa shape index (κ2) is 4.69. The predicted octanol–water partition coefficient (Wildman–Crippen LogP) is 3.67. The van der Waals surface area contributed by atoms with Crippen molar-refractivity contribution in [1.82, 2.24) is 0 Å². The third kappa shape index (κ3) is 3.47. The van der Waals surface area contributed by atoms with Crippen molar-refractivity contribution in [2.45, 2.75) is 52.2 Å². The summed E-state index contributed by atoms with van der Waals surface area (Å²) < 4.78 is 5.97. The molecule has 0 spiro atoms. The first-order chi connectivity index (χ1) is 7.94. The van der Waals surface area contributed by atoms with Crippen molar-refractivity contribution in [3.63, 3.8) is 0 Å². The maximum absolute atomic E-state index is 5.97. The molecule has 1 aliphatic heterocycles. The van der Waals surface area contributed by atoms with Crippen molar-refractivity contribution in [3.8, 4) is 0 Å². The van der Waals surface area contributed by atoms with Gasteiger partial charge in [-0.25, -0.2) is 0 Å². The summed E-state index contributed by atoms with van der Waals surface area (Å²) in [5.74, 6) is 0. The summed E-state index contributed by atoms with van der Waals surface area (Å²) >= 11 is 0. The number of hydrogen-bond donors (Lipinski definition) is 1. The second-order valence-electron chi connectivity index (χ2n) is 5.80. The molecule has 0 saturated carbocycles. The standard InChI is InChI=1S/C15H23NO/c1-11-7-12(2)9-13(8-11)16-10-14-5-6-15(3,4)17-14/h7-9,14,16H,5-6,10H2,1-4H3. The number of aryl methyl sites for hydroxylation is 2. The number of benzene rings is 1. The molecule has 1 heterocycles. The van der Waals surface area contributed by atoms with Crippen molar-refractivity contribution >= 4 is 5.69 Å². The van der Waals surface area contributed by atoms with E-state index in [1.54, 1.807) is 0 Å². The van der Waals surface area contributed by atoms with E-state index in [2.05, 4.69) is 51.2 Å². The van der Waals surface area contributed by atoms with E-state index in [0.717, 1.165) is 19.4 Å². The molecule has 2 heteroatoms. The Morgan fingerprint density at radius 2 is 1.88 bits per heavy atom. The Bertz CT molecular complexity index is 378. The third-order valence-electron chi connectivity index (χ3n) is 3.31. The maximum atomic E-state index is 5.97. The first-order valence-corrected chi connectivity index (χ1v) is 6.45. The number of ether oxygens (including phenoxy) is 1. The van der Waals surface area contributed by atoms with Crippen LogP contribution >= 0.6 is 0 Å². The fourth-order valence-corrected chi connectivity index (χ4v) is 2.53. The normalized spacial score (nSPS) is 22.7. The fourth-order valence-electron chi connectivity index (χ4n) is 2.53. The lowest BCUT2D eigenvalue weighted by Crippen LogP contribution is -2.24. The molecule has 2 rings (SSSR count). The molecule has 0 aromatic heterocycles. The van der Waals surface area contributed by atoms with E-state index >= 15 is 0 Å². The molecule has 1 saturated heterocycles. The van der Waals surface area contributed by atoms with Gasteiger partial charge in [0.05, 0.1) is 11.7 Å². The van der Waals surface area contributed by atoms with Crippen molar-refractivity contribution in [2.24, 2.45) is 0 Å². The average molecular weight is 233 g/mol. The summed E-state index contributed by atoms with van der Waals surface area (Å²) in [6.07, 6.45) is 2.67. The van der Waals surface area contributed by atoms with Crippen molar-refractivity contribution in [1.29, 1.82) is 0 Å². The van der Waals surface area contributed by atoms with E-state index in [9.17, 15) is 0 Å². The van der Waals surface area contributed by atoms with E-state index in [4.69, 9.17) is 4.74 Å². The molecular weight excluding hydrogens is 210 g/mol. The van der Waals surface area contributed by atoms with Crippen LogP contribution in [0.3, 0.4) is 0 Å². The topological polar surface area (TPSA) is 21.3 Å². The van der Waals surface area contributed by atoms with Gasteiger partial charge >= 0.3 is 0 Å². The lowest BCUT2D eigenvalue weighted by molar-refractivity contribution is -0.00910. The molecule has 0 radical (unpaired) electrons. The van der Waals surface area contributed by atoms with E-state index in [1.165, 1.54) is 16.8 Å². The predicted molar refractivity (Wildman–Crippen MR) is 72.6 cm³/mol. The molecule has 17 heavy (non-hydrogen) atoms. The van der Waals surface area contributed by atoms with E-state index in [1.807, 2.05) is 0 Å². The van der Waals surface area contributed by atoms with Crippen LogP contribution in [0.15, 0.2) is 18.2 Å². The summed E-state index contributed by atoms with van der Waals surface area (Å²) in [5, 5.41) is 3.48. The zero-order valence-corrected chi connectivity index (χ0v) is 11.3. The first-order valence-electron chi connectivity index (χ1n) is 6.45. The number of rotatable bonds is 3. The first kappa shape index (κ1) is 12.4. The molecule has 1 aliphatic rings. The van der Waals surface area contributed by atoms with Crippen molar-refractivity contribution in [3.05, 3.63) is 29.3 Å². The number of nitrogens with one attached hydrogen (secondary N) is 1. The third-order valence-corrected chi connectivity index (χ3v) is 3.31. The van der Waals surface area contributed by atoms with Crippen LogP contribution < -0.4 is 5.32 Å². The smallest absolute Gasteiger partial charge is 0.0755 e. The van der Waals surface area contributed by atoms with Gasteiger partial charge in [-0.3, -0.25) is 0 Å². The van der Waals surface area contributed by atoms with Gasteiger partial charge in [0.2, 0.25) is 0 Å². The lowest BCUT2D eigenvalue weighted by atomic mass is 10.1. The van der Waals surface area contributed by atoms with E-state index < -0.39 is 0 Å². The summed E-state index contributed by atoms with van der Waals surface area (Å²) in [5.41, 5.74) is 3.88. The Morgan fingerprint density at radius 3 is 2.41 bits per heavy atom. The minimum Gasteiger partial charge on any atom is -0.382 e.